The molecule has 1 heterocycles. The second-order valence-electron chi connectivity index (χ2n) is 5.71. The zero-order chi connectivity index (χ0) is 16.1. The smallest absolute Gasteiger partial charge is 0.119 e. The lowest BCUT2D eigenvalue weighted by Crippen LogP contribution is -2.19. The van der Waals surface area contributed by atoms with E-state index in [0.717, 1.165) is 34.5 Å². The number of hydrogen-bond acceptors (Lipinski definition) is 3. The minimum atomic E-state index is 0.685. The van der Waals surface area contributed by atoms with Gasteiger partial charge in [0.25, 0.3) is 0 Å². The van der Waals surface area contributed by atoms with Gasteiger partial charge in [0.15, 0.2) is 0 Å². The van der Waals surface area contributed by atoms with Crippen molar-refractivity contribution in [2.24, 2.45) is 0 Å². The van der Waals surface area contributed by atoms with Crippen LogP contribution in [-0.4, -0.2) is 42.3 Å². The van der Waals surface area contributed by atoms with Gasteiger partial charge in [-0.3, -0.25) is 5.10 Å². The van der Waals surface area contributed by atoms with E-state index < -0.39 is 0 Å². The summed E-state index contributed by atoms with van der Waals surface area (Å²) < 4.78 is 5.77. The normalized spacial score (nSPS) is 11.6. The highest BCUT2D eigenvalue weighted by Gasteiger charge is 2.01. The molecule has 0 atom stereocenters. The molecular weight excluding hydrogens is 286 g/mol. The summed E-state index contributed by atoms with van der Waals surface area (Å²) >= 11 is 0. The third kappa shape index (κ3) is 3.99. The number of likely N-dealkylation sites (N-methyl/N-ethyl adjacent to an activating group) is 1. The fourth-order valence-electron chi connectivity index (χ4n) is 2.34. The van der Waals surface area contributed by atoms with Crippen LogP contribution in [-0.2, 0) is 0 Å². The second kappa shape index (κ2) is 7.11. The van der Waals surface area contributed by atoms with Gasteiger partial charge in [-0.1, -0.05) is 36.4 Å². The summed E-state index contributed by atoms with van der Waals surface area (Å²) in [5.41, 5.74) is 3.09. The van der Waals surface area contributed by atoms with Crippen molar-refractivity contribution in [2.45, 2.75) is 0 Å². The Hall–Kier alpha value is -2.59. The monoisotopic (exact) mass is 307 g/mol. The van der Waals surface area contributed by atoms with Crippen LogP contribution in [0.1, 0.15) is 11.3 Å². The molecule has 4 heteroatoms. The molecule has 3 aromatic rings. The van der Waals surface area contributed by atoms with Crippen molar-refractivity contribution in [2.75, 3.05) is 27.2 Å². The largest absolute Gasteiger partial charge is 0.492 e. The van der Waals surface area contributed by atoms with Gasteiger partial charge in [0.05, 0.1) is 11.2 Å². The van der Waals surface area contributed by atoms with Gasteiger partial charge >= 0.3 is 0 Å². The maximum atomic E-state index is 5.77. The van der Waals surface area contributed by atoms with Gasteiger partial charge in [-0.15, -0.1) is 0 Å². The minimum absolute atomic E-state index is 0.685. The van der Waals surface area contributed by atoms with E-state index in [9.17, 15) is 0 Å². The molecule has 0 saturated heterocycles. The van der Waals surface area contributed by atoms with Crippen LogP contribution in [0.2, 0.25) is 0 Å². The zero-order valence-corrected chi connectivity index (χ0v) is 13.5. The van der Waals surface area contributed by atoms with Crippen molar-refractivity contribution in [1.82, 2.24) is 15.1 Å². The molecule has 0 aliphatic heterocycles. The Bertz CT molecular complexity index is 805. The average molecular weight is 307 g/mol. The van der Waals surface area contributed by atoms with Gasteiger partial charge in [0.1, 0.15) is 12.4 Å². The number of aromatic nitrogens is 2. The SMILES string of the molecule is CN(C)CCOc1cccc(/C=C/c2n[nH]c3ccccc23)c1. The predicted octanol–water partition coefficient (Wildman–Crippen LogP) is 3.67. The van der Waals surface area contributed by atoms with Crippen molar-refractivity contribution in [1.29, 1.82) is 0 Å². The summed E-state index contributed by atoms with van der Waals surface area (Å²) in [6, 6.07) is 16.2. The average Bonchev–Trinajstić information content (AvgIpc) is 2.96. The van der Waals surface area contributed by atoms with E-state index in [-0.39, 0.29) is 0 Å². The quantitative estimate of drug-likeness (QED) is 0.755. The van der Waals surface area contributed by atoms with Crippen LogP contribution < -0.4 is 4.74 Å². The molecule has 0 aliphatic carbocycles. The van der Waals surface area contributed by atoms with Crippen molar-refractivity contribution < 1.29 is 4.74 Å². The van der Waals surface area contributed by atoms with E-state index in [0.29, 0.717) is 6.61 Å². The van der Waals surface area contributed by atoms with Crippen LogP contribution >= 0.6 is 0 Å². The summed E-state index contributed by atoms with van der Waals surface area (Å²) in [5.74, 6) is 0.890. The first-order chi connectivity index (χ1) is 11.2. The van der Waals surface area contributed by atoms with E-state index in [1.165, 1.54) is 0 Å². The van der Waals surface area contributed by atoms with Crippen LogP contribution in [0.5, 0.6) is 5.75 Å². The third-order valence-electron chi connectivity index (χ3n) is 3.60. The zero-order valence-electron chi connectivity index (χ0n) is 13.5. The Balaban J connectivity index is 1.72. The molecule has 0 saturated carbocycles. The van der Waals surface area contributed by atoms with E-state index in [4.69, 9.17) is 4.74 Å². The summed E-state index contributed by atoms with van der Waals surface area (Å²) in [4.78, 5) is 2.10. The lowest BCUT2D eigenvalue weighted by Gasteiger charge is -2.11. The molecule has 1 aromatic heterocycles. The number of nitrogens with zero attached hydrogens (tertiary/aromatic N) is 2. The van der Waals surface area contributed by atoms with E-state index in [2.05, 4.69) is 33.3 Å². The maximum Gasteiger partial charge on any atom is 0.119 e. The number of para-hydroxylation sites is 1. The minimum Gasteiger partial charge on any atom is -0.492 e. The van der Waals surface area contributed by atoms with Crippen molar-refractivity contribution in [3.8, 4) is 5.75 Å². The molecule has 23 heavy (non-hydrogen) atoms. The highest BCUT2D eigenvalue weighted by atomic mass is 16.5. The number of nitrogens with one attached hydrogen (secondary N) is 1. The molecule has 0 bridgehead atoms. The summed E-state index contributed by atoms with van der Waals surface area (Å²) in [6.45, 7) is 1.59. The molecule has 3 rings (SSSR count). The van der Waals surface area contributed by atoms with Crippen LogP contribution in [0.15, 0.2) is 48.5 Å². The number of ether oxygens (including phenoxy) is 1. The Morgan fingerprint density at radius 2 is 1.96 bits per heavy atom. The fourth-order valence-corrected chi connectivity index (χ4v) is 2.34. The van der Waals surface area contributed by atoms with E-state index in [1.807, 2.05) is 56.6 Å². The highest BCUT2D eigenvalue weighted by molar-refractivity contribution is 5.89. The topological polar surface area (TPSA) is 41.1 Å². The first-order valence-electron chi connectivity index (χ1n) is 7.71. The van der Waals surface area contributed by atoms with Crippen molar-refractivity contribution in [3.05, 3.63) is 59.8 Å². The Kier molecular flexibility index (Phi) is 4.74. The van der Waals surface area contributed by atoms with Gasteiger partial charge < -0.3 is 9.64 Å². The molecule has 0 unspecified atom stereocenters. The summed E-state index contributed by atoms with van der Waals surface area (Å²) in [6.07, 6.45) is 4.08. The standard InChI is InChI=1S/C19H21N3O/c1-22(2)12-13-23-16-7-5-6-15(14-16)10-11-19-17-8-3-4-9-18(17)20-21-19/h3-11,14H,12-13H2,1-2H3,(H,20,21)/b11-10+. The Labute approximate surface area is 136 Å². The maximum absolute atomic E-state index is 5.77. The van der Waals surface area contributed by atoms with Gasteiger partial charge in [-0.05, 0) is 43.9 Å². The predicted molar refractivity (Wildman–Crippen MR) is 95.5 cm³/mol. The first kappa shape index (κ1) is 15.3. The highest BCUT2D eigenvalue weighted by Crippen LogP contribution is 2.19. The third-order valence-corrected chi connectivity index (χ3v) is 3.60. The number of rotatable bonds is 6. The lowest BCUT2D eigenvalue weighted by atomic mass is 10.1. The molecule has 0 spiro atoms. The van der Waals surface area contributed by atoms with Gasteiger partial charge in [-0.25, -0.2) is 0 Å². The fraction of sp³-hybridized carbons (Fsp3) is 0.211. The van der Waals surface area contributed by atoms with Crippen molar-refractivity contribution in [3.63, 3.8) is 0 Å². The molecule has 4 nitrogen and oxygen atoms in total. The van der Waals surface area contributed by atoms with E-state index in [1.54, 1.807) is 0 Å². The Morgan fingerprint density at radius 1 is 1.09 bits per heavy atom. The number of fused-ring (bicyclic) bond motifs is 1. The molecule has 0 fully saturated rings. The lowest BCUT2D eigenvalue weighted by molar-refractivity contribution is 0.261. The molecular formula is C19H21N3O. The number of H-pyrrole nitrogens is 1. The summed E-state index contributed by atoms with van der Waals surface area (Å²) in [7, 11) is 4.08. The number of hydrogen-bond donors (Lipinski definition) is 1. The van der Waals surface area contributed by atoms with Gasteiger partial charge in [-0.2, -0.15) is 5.10 Å². The van der Waals surface area contributed by atoms with E-state index >= 15 is 0 Å². The van der Waals surface area contributed by atoms with Crippen LogP contribution in [0.25, 0.3) is 23.1 Å². The molecule has 0 radical (unpaired) electrons. The van der Waals surface area contributed by atoms with Gasteiger partial charge in [0, 0.05) is 11.9 Å². The number of benzene rings is 2. The first-order valence-corrected chi connectivity index (χ1v) is 7.71. The number of aromatic amines is 1. The molecule has 0 aliphatic rings. The molecule has 1 N–H and O–H groups in total. The van der Waals surface area contributed by atoms with Gasteiger partial charge in [0.2, 0.25) is 0 Å². The van der Waals surface area contributed by atoms with Crippen LogP contribution in [0.3, 0.4) is 0 Å². The molecule has 2 aromatic carbocycles. The molecule has 118 valence electrons. The van der Waals surface area contributed by atoms with Crippen molar-refractivity contribution >= 4 is 23.1 Å². The van der Waals surface area contributed by atoms with Crippen LogP contribution in [0.4, 0.5) is 0 Å². The molecule has 0 amide bonds. The second-order valence-corrected chi connectivity index (χ2v) is 5.71. The Morgan fingerprint density at radius 3 is 2.83 bits per heavy atom. The summed E-state index contributed by atoms with van der Waals surface area (Å²) in [5, 5.41) is 8.52. The van der Waals surface area contributed by atoms with Crippen LogP contribution in [0, 0.1) is 0 Å².